The van der Waals surface area contributed by atoms with E-state index in [4.69, 9.17) is 33.2 Å². The number of fused-ring (bicyclic) bond motifs is 3. The van der Waals surface area contributed by atoms with E-state index in [1.807, 2.05) is 0 Å². The van der Waals surface area contributed by atoms with Crippen molar-refractivity contribution < 1.29 is 52.3 Å². The first kappa shape index (κ1) is 26.7. The van der Waals surface area contributed by atoms with Crippen LogP contribution < -0.4 is 23.7 Å². The lowest BCUT2D eigenvalue weighted by molar-refractivity contribution is -0.155. The maximum Gasteiger partial charge on any atom is 0.310 e. The molecule has 12 nitrogen and oxygen atoms in total. The van der Waals surface area contributed by atoms with E-state index >= 15 is 0 Å². The second-order valence-electron chi connectivity index (χ2n) is 10.2. The number of carbonyl (C=O) groups is 4. The maximum atomic E-state index is 13.3. The lowest BCUT2D eigenvalue weighted by Gasteiger charge is -2.38. The van der Waals surface area contributed by atoms with Gasteiger partial charge in [-0.25, -0.2) is 0 Å². The fraction of sp³-hybridized carbons (Fsp3) is 0.448. The summed E-state index contributed by atoms with van der Waals surface area (Å²) >= 11 is 0. The normalized spacial score (nSPS) is 24.1. The van der Waals surface area contributed by atoms with Gasteiger partial charge in [-0.3, -0.25) is 24.1 Å². The zero-order chi connectivity index (χ0) is 28.8. The summed E-state index contributed by atoms with van der Waals surface area (Å²) in [6.07, 6.45) is -0.728. The third kappa shape index (κ3) is 4.47. The Morgan fingerprint density at radius 3 is 2.12 bits per heavy atom. The molecule has 3 aliphatic heterocycles. The minimum absolute atomic E-state index is 0.0321. The predicted octanol–water partition coefficient (Wildman–Crippen LogP) is 2.50. The van der Waals surface area contributed by atoms with Crippen molar-refractivity contribution in [1.29, 1.82) is 0 Å². The summed E-state index contributed by atoms with van der Waals surface area (Å²) in [7, 11) is 4.54. The molecule has 0 saturated carbocycles. The molecule has 0 spiro atoms. The van der Waals surface area contributed by atoms with E-state index in [1.165, 1.54) is 21.3 Å². The number of imide groups is 1. The van der Waals surface area contributed by atoms with Crippen LogP contribution in [0.3, 0.4) is 0 Å². The van der Waals surface area contributed by atoms with Gasteiger partial charge < -0.3 is 33.2 Å². The second kappa shape index (κ2) is 10.5. The van der Waals surface area contributed by atoms with Crippen molar-refractivity contribution in [1.82, 2.24) is 4.90 Å². The number of carbonyl (C=O) groups excluding carboxylic acids is 4. The second-order valence-corrected chi connectivity index (χ2v) is 10.2. The van der Waals surface area contributed by atoms with Crippen molar-refractivity contribution in [2.24, 2.45) is 11.8 Å². The largest absolute Gasteiger partial charge is 0.493 e. The van der Waals surface area contributed by atoms with E-state index in [-0.39, 0.29) is 51.0 Å². The minimum Gasteiger partial charge on any atom is -0.493 e. The summed E-state index contributed by atoms with van der Waals surface area (Å²) in [4.78, 5) is 51.4. The number of benzene rings is 2. The van der Waals surface area contributed by atoms with Gasteiger partial charge in [0.1, 0.15) is 6.10 Å². The highest BCUT2D eigenvalue weighted by Crippen LogP contribution is 2.56. The fourth-order valence-corrected chi connectivity index (χ4v) is 6.22. The molecule has 4 atom stereocenters. The monoisotopic (exact) mass is 567 g/mol. The van der Waals surface area contributed by atoms with E-state index in [1.54, 1.807) is 24.3 Å². The molecule has 0 aromatic heterocycles. The molecule has 0 N–H and O–H groups in total. The molecule has 0 bridgehead atoms. The highest BCUT2D eigenvalue weighted by atomic mass is 16.7. The number of ether oxygens (including phenoxy) is 7. The Balaban J connectivity index is 1.41. The quantitative estimate of drug-likeness (QED) is 0.344. The maximum absolute atomic E-state index is 13.3. The molecular weight excluding hydrogens is 538 g/mol. The SMILES string of the molecule is COc1cc([C@@H]2c3cc4c(cc3[C@H](OC(=O)CCN3C(=O)CCC3=O)[C@H]3COC(=O)[C@H]23)OCO4)cc(OC)c1OC. The minimum atomic E-state index is -0.841. The van der Waals surface area contributed by atoms with Crippen molar-refractivity contribution in [3.8, 4) is 28.7 Å². The van der Waals surface area contributed by atoms with E-state index in [0.29, 0.717) is 45.4 Å². The summed E-state index contributed by atoms with van der Waals surface area (Å²) in [5, 5.41) is 0. The number of rotatable bonds is 8. The Bertz CT molecular complexity index is 1400. The Morgan fingerprint density at radius 2 is 1.51 bits per heavy atom. The summed E-state index contributed by atoms with van der Waals surface area (Å²) in [6, 6.07) is 7.15. The van der Waals surface area contributed by atoms with Gasteiger partial charge >= 0.3 is 11.9 Å². The van der Waals surface area contributed by atoms with Crippen LogP contribution in [0.4, 0.5) is 0 Å². The molecule has 2 saturated heterocycles. The smallest absolute Gasteiger partial charge is 0.310 e. The molecule has 2 aromatic carbocycles. The molecule has 0 radical (unpaired) electrons. The molecule has 1 aliphatic carbocycles. The molecule has 2 amide bonds. The van der Waals surface area contributed by atoms with Crippen LogP contribution in [0, 0.1) is 11.8 Å². The van der Waals surface area contributed by atoms with Gasteiger partial charge in [0, 0.05) is 36.8 Å². The Morgan fingerprint density at radius 1 is 0.878 bits per heavy atom. The van der Waals surface area contributed by atoms with Crippen LogP contribution in [0.1, 0.15) is 48.0 Å². The number of methoxy groups -OCH3 is 3. The first-order valence-electron chi connectivity index (χ1n) is 13.3. The predicted molar refractivity (Wildman–Crippen MR) is 138 cm³/mol. The number of nitrogens with zero attached hydrogens (tertiary/aromatic N) is 1. The lowest BCUT2D eigenvalue weighted by Crippen LogP contribution is -2.37. The molecule has 12 heteroatoms. The van der Waals surface area contributed by atoms with Crippen molar-refractivity contribution in [2.45, 2.75) is 31.3 Å². The van der Waals surface area contributed by atoms with Crippen LogP contribution in [0.15, 0.2) is 24.3 Å². The van der Waals surface area contributed by atoms with E-state index in [0.717, 1.165) is 4.90 Å². The molecular formula is C29H29NO11. The standard InChI is InChI=1S/C29H29NO11/c1-35-20-8-14(9-21(36-2)28(20)37-3)25-15-10-18-19(40-13-39-18)11-16(15)27(17-12-38-29(34)26(17)25)41-24(33)6-7-30-22(31)4-5-23(30)32/h8-11,17,25-27H,4-7,12-13H2,1-3H3/t17-,25+,26-,27-/m0/s1. The van der Waals surface area contributed by atoms with Gasteiger partial charge in [0.2, 0.25) is 24.4 Å². The van der Waals surface area contributed by atoms with E-state index in [9.17, 15) is 19.2 Å². The van der Waals surface area contributed by atoms with E-state index in [2.05, 4.69) is 0 Å². The van der Waals surface area contributed by atoms with Crippen molar-refractivity contribution >= 4 is 23.8 Å². The molecule has 4 aliphatic rings. The topological polar surface area (TPSA) is 136 Å². The summed E-state index contributed by atoms with van der Waals surface area (Å²) in [5.74, 6) is -1.13. The van der Waals surface area contributed by atoms with Crippen molar-refractivity contribution in [3.05, 3.63) is 41.0 Å². The van der Waals surface area contributed by atoms with Gasteiger partial charge in [-0.1, -0.05) is 0 Å². The molecule has 6 rings (SSSR count). The van der Waals surface area contributed by atoms with Gasteiger partial charge in [-0.05, 0) is 35.4 Å². The third-order valence-corrected chi connectivity index (χ3v) is 8.12. The van der Waals surface area contributed by atoms with Gasteiger partial charge in [-0.15, -0.1) is 0 Å². The Hall–Kier alpha value is -4.48. The number of esters is 2. The van der Waals surface area contributed by atoms with Gasteiger partial charge in [0.15, 0.2) is 23.0 Å². The first-order valence-corrected chi connectivity index (χ1v) is 13.3. The van der Waals surface area contributed by atoms with Crippen LogP contribution in [0.25, 0.3) is 0 Å². The molecule has 41 heavy (non-hydrogen) atoms. The highest BCUT2D eigenvalue weighted by Gasteiger charge is 2.54. The average Bonchev–Trinajstić information content (AvgIpc) is 3.68. The van der Waals surface area contributed by atoms with Crippen LogP contribution >= 0.6 is 0 Å². The number of amides is 2. The Labute approximate surface area is 235 Å². The van der Waals surface area contributed by atoms with Crippen molar-refractivity contribution in [2.75, 3.05) is 41.3 Å². The number of cyclic esters (lactones) is 1. The summed E-state index contributed by atoms with van der Waals surface area (Å²) in [5.41, 5.74) is 2.06. The number of hydrogen-bond acceptors (Lipinski definition) is 11. The van der Waals surface area contributed by atoms with Gasteiger partial charge in [0.25, 0.3) is 0 Å². The van der Waals surface area contributed by atoms with Crippen LogP contribution in [-0.2, 0) is 28.7 Å². The molecule has 2 aromatic rings. The summed E-state index contributed by atoms with van der Waals surface area (Å²) < 4.78 is 39.5. The van der Waals surface area contributed by atoms with Crippen molar-refractivity contribution in [3.63, 3.8) is 0 Å². The first-order chi connectivity index (χ1) is 19.8. The Kier molecular flexibility index (Phi) is 6.84. The molecule has 3 heterocycles. The third-order valence-electron chi connectivity index (χ3n) is 8.12. The average molecular weight is 568 g/mol. The lowest BCUT2D eigenvalue weighted by atomic mass is 9.66. The van der Waals surface area contributed by atoms with E-state index < -0.39 is 35.8 Å². The van der Waals surface area contributed by atoms with Gasteiger partial charge in [0.05, 0.1) is 40.3 Å². The van der Waals surface area contributed by atoms with Crippen LogP contribution in [0.2, 0.25) is 0 Å². The number of hydrogen-bond donors (Lipinski definition) is 0. The number of likely N-dealkylation sites (tertiary alicyclic amines) is 1. The zero-order valence-corrected chi connectivity index (χ0v) is 22.8. The molecule has 2 fully saturated rings. The zero-order valence-electron chi connectivity index (χ0n) is 22.8. The van der Waals surface area contributed by atoms with Crippen LogP contribution in [-0.4, -0.2) is 69.9 Å². The fourth-order valence-electron chi connectivity index (χ4n) is 6.22. The molecule has 0 unspecified atom stereocenters. The summed E-state index contributed by atoms with van der Waals surface area (Å²) in [6.45, 7) is 0.0124. The van der Waals surface area contributed by atoms with Gasteiger partial charge in [-0.2, -0.15) is 0 Å². The molecule has 216 valence electrons. The highest BCUT2D eigenvalue weighted by molar-refractivity contribution is 6.02. The van der Waals surface area contributed by atoms with Crippen LogP contribution in [0.5, 0.6) is 28.7 Å².